The van der Waals surface area contributed by atoms with Gasteiger partial charge in [-0.3, -0.25) is 9.59 Å². The van der Waals surface area contributed by atoms with Crippen LogP contribution in [-0.4, -0.2) is 18.4 Å². The van der Waals surface area contributed by atoms with Crippen LogP contribution < -0.4 is 20.1 Å². The van der Waals surface area contributed by atoms with E-state index >= 15 is 0 Å². The third kappa shape index (κ3) is 4.73. The Morgan fingerprint density at radius 2 is 1.29 bits per heavy atom. The molecular formula is C29H24N2O4. The summed E-state index contributed by atoms with van der Waals surface area (Å²) in [6, 6.07) is 29.1. The maximum Gasteiger partial charge on any atom is 0.255 e. The largest absolute Gasteiger partial charge is 0.494 e. The Bertz CT molecular complexity index is 1320. The summed E-state index contributed by atoms with van der Waals surface area (Å²) in [5.74, 6) is 1.19. The molecule has 0 unspecified atom stereocenters. The first kappa shape index (κ1) is 22.2. The Kier molecular flexibility index (Phi) is 6.18. The van der Waals surface area contributed by atoms with Gasteiger partial charge in [0.05, 0.1) is 12.5 Å². The summed E-state index contributed by atoms with van der Waals surface area (Å²) in [5.41, 5.74) is 3.39. The van der Waals surface area contributed by atoms with Crippen LogP contribution in [0.1, 0.15) is 34.3 Å². The highest BCUT2D eigenvalue weighted by Gasteiger charge is 2.32. The van der Waals surface area contributed by atoms with Gasteiger partial charge >= 0.3 is 0 Å². The molecule has 35 heavy (non-hydrogen) atoms. The second kappa shape index (κ2) is 9.73. The SMILES string of the molecule is CCOc1ccc(NC(=O)c2ccc(NC(=O)C3c4ccccc4Oc4ccccc43)cc2)cc1. The third-order valence-electron chi connectivity index (χ3n) is 5.78. The molecule has 5 rings (SSSR count). The van der Waals surface area contributed by atoms with Crippen LogP contribution in [0.15, 0.2) is 97.1 Å². The van der Waals surface area contributed by atoms with E-state index in [2.05, 4.69) is 10.6 Å². The van der Waals surface area contributed by atoms with Crippen LogP contribution in [-0.2, 0) is 4.79 Å². The molecule has 0 saturated heterocycles. The van der Waals surface area contributed by atoms with Crippen LogP contribution in [0.2, 0.25) is 0 Å². The molecule has 0 fully saturated rings. The zero-order chi connectivity index (χ0) is 24.2. The van der Waals surface area contributed by atoms with Gasteiger partial charge < -0.3 is 20.1 Å². The van der Waals surface area contributed by atoms with E-state index < -0.39 is 5.92 Å². The molecule has 0 bridgehead atoms. The van der Waals surface area contributed by atoms with Crippen molar-refractivity contribution in [3.63, 3.8) is 0 Å². The van der Waals surface area contributed by atoms with E-state index in [-0.39, 0.29) is 11.8 Å². The quantitative estimate of drug-likeness (QED) is 0.355. The first-order valence-electron chi connectivity index (χ1n) is 11.4. The van der Waals surface area contributed by atoms with Crippen molar-refractivity contribution in [1.82, 2.24) is 0 Å². The van der Waals surface area contributed by atoms with E-state index in [9.17, 15) is 9.59 Å². The smallest absolute Gasteiger partial charge is 0.255 e. The fourth-order valence-electron chi connectivity index (χ4n) is 4.12. The predicted molar refractivity (Wildman–Crippen MR) is 135 cm³/mol. The van der Waals surface area contributed by atoms with Gasteiger partial charge in [-0.2, -0.15) is 0 Å². The molecule has 2 amide bonds. The van der Waals surface area contributed by atoms with Gasteiger partial charge in [-0.1, -0.05) is 36.4 Å². The van der Waals surface area contributed by atoms with Gasteiger partial charge in [-0.15, -0.1) is 0 Å². The van der Waals surface area contributed by atoms with Gasteiger partial charge in [0.25, 0.3) is 5.91 Å². The van der Waals surface area contributed by atoms with E-state index in [0.29, 0.717) is 35.0 Å². The van der Waals surface area contributed by atoms with Crippen LogP contribution in [0, 0.1) is 0 Å². The molecule has 1 aliphatic heterocycles. The van der Waals surface area contributed by atoms with E-state index in [0.717, 1.165) is 16.9 Å². The summed E-state index contributed by atoms with van der Waals surface area (Å²) in [7, 11) is 0. The number of anilines is 2. The topological polar surface area (TPSA) is 76.7 Å². The molecule has 4 aromatic carbocycles. The number of rotatable bonds is 6. The molecule has 0 spiro atoms. The van der Waals surface area contributed by atoms with Crippen LogP contribution in [0.25, 0.3) is 0 Å². The monoisotopic (exact) mass is 464 g/mol. The lowest BCUT2D eigenvalue weighted by Crippen LogP contribution is -2.25. The molecular weight excluding hydrogens is 440 g/mol. The first-order chi connectivity index (χ1) is 17.1. The van der Waals surface area contributed by atoms with Crippen LogP contribution in [0.4, 0.5) is 11.4 Å². The molecule has 0 aliphatic carbocycles. The number of fused-ring (bicyclic) bond motifs is 2. The summed E-state index contributed by atoms with van der Waals surface area (Å²) in [5, 5.41) is 5.85. The highest BCUT2D eigenvalue weighted by Crippen LogP contribution is 2.44. The van der Waals surface area contributed by atoms with Crippen LogP contribution in [0.3, 0.4) is 0 Å². The van der Waals surface area contributed by atoms with Crippen molar-refractivity contribution in [2.75, 3.05) is 17.2 Å². The lowest BCUT2D eigenvalue weighted by molar-refractivity contribution is -0.116. The van der Waals surface area contributed by atoms with Gasteiger partial charge in [0.15, 0.2) is 0 Å². The van der Waals surface area contributed by atoms with E-state index in [1.807, 2.05) is 67.6 Å². The standard InChI is InChI=1S/C29H24N2O4/c1-2-34-22-17-15-21(16-18-22)30-28(32)19-11-13-20(14-12-19)31-29(33)27-23-7-3-5-9-25(23)35-26-10-6-4-8-24(26)27/h3-18,27H,2H2,1H3,(H,30,32)(H,31,33). The van der Waals surface area contributed by atoms with Crippen LogP contribution >= 0.6 is 0 Å². The average molecular weight is 465 g/mol. The minimum Gasteiger partial charge on any atom is -0.494 e. The van der Waals surface area contributed by atoms with Crippen molar-refractivity contribution in [3.05, 3.63) is 114 Å². The number of benzene rings is 4. The maximum atomic E-state index is 13.4. The fourth-order valence-corrected chi connectivity index (χ4v) is 4.12. The van der Waals surface area contributed by atoms with Gasteiger partial charge in [0.2, 0.25) is 5.91 Å². The van der Waals surface area contributed by atoms with Gasteiger partial charge in [-0.25, -0.2) is 0 Å². The molecule has 0 radical (unpaired) electrons. The Balaban J connectivity index is 1.29. The van der Waals surface area contributed by atoms with Crippen molar-refractivity contribution in [2.24, 2.45) is 0 Å². The molecule has 174 valence electrons. The molecule has 0 aromatic heterocycles. The molecule has 6 nitrogen and oxygen atoms in total. The van der Waals surface area contributed by atoms with Crippen molar-refractivity contribution in [3.8, 4) is 17.2 Å². The number of carbonyl (C=O) groups is 2. The molecule has 1 heterocycles. The van der Waals surface area contributed by atoms with E-state index in [1.54, 1.807) is 36.4 Å². The maximum absolute atomic E-state index is 13.4. The zero-order valence-electron chi connectivity index (χ0n) is 19.2. The van der Waals surface area contributed by atoms with E-state index in [4.69, 9.17) is 9.47 Å². The number of ether oxygens (including phenoxy) is 2. The van der Waals surface area contributed by atoms with Gasteiger partial charge in [0.1, 0.15) is 17.2 Å². The van der Waals surface area contributed by atoms with Crippen molar-refractivity contribution < 1.29 is 19.1 Å². The molecule has 0 atom stereocenters. The summed E-state index contributed by atoms with van der Waals surface area (Å²) >= 11 is 0. The zero-order valence-corrected chi connectivity index (χ0v) is 19.2. The fraction of sp³-hybridized carbons (Fsp3) is 0.103. The van der Waals surface area contributed by atoms with Gasteiger partial charge in [-0.05, 0) is 67.6 Å². The number of nitrogens with one attached hydrogen (secondary N) is 2. The second-order valence-electron chi connectivity index (χ2n) is 8.09. The molecule has 2 N–H and O–H groups in total. The van der Waals surface area contributed by atoms with Crippen molar-refractivity contribution in [2.45, 2.75) is 12.8 Å². The number of hydrogen-bond donors (Lipinski definition) is 2. The lowest BCUT2D eigenvalue weighted by Gasteiger charge is -2.27. The normalized spacial score (nSPS) is 12.0. The molecule has 0 saturated carbocycles. The summed E-state index contributed by atoms with van der Waals surface area (Å²) < 4.78 is 11.4. The van der Waals surface area contributed by atoms with Crippen molar-refractivity contribution in [1.29, 1.82) is 0 Å². The molecule has 4 aromatic rings. The molecule has 6 heteroatoms. The van der Waals surface area contributed by atoms with E-state index in [1.165, 1.54) is 0 Å². The average Bonchev–Trinajstić information content (AvgIpc) is 2.89. The van der Waals surface area contributed by atoms with Crippen molar-refractivity contribution >= 4 is 23.2 Å². The first-order valence-corrected chi connectivity index (χ1v) is 11.4. The Morgan fingerprint density at radius 3 is 1.89 bits per heavy atom. The number of carbonyl (C=O) groups excluding carboxylic acids is 2. The Hall–Kier alpha value is -4.58. The summed E-state index contributed by atoms with van der Waals surface area (Å²) in [6.07, 6.45) is 0. The predicted octanol–water partition coefficient (Wildman–Crippen LogP) is 6.21. The summed E-state index contributed by atoms with van der Waals surface area (Å²) in [4.78, 5) is 26.0. The highest BCUT2D eigenvalue weighted by molar-refractivity contribution is 6.05. The van der Waals surface area contributed by atoms with Crippen LogP contribution in [0.5, 0.6) is 17.2 Å². The Labute approximate surface area is 203 Å². The number of para-hydroxylation sites is 2. The minimum atomic E-state index is -0.501. The second-order valence-corrected chi connectivity index (χ2v) is 8.09. The Morgan fingerprint density at radius 1 is 0.743 bits per heavy atom. The van der Waals surface area contributed by atoms with Gasteiger partial charge in [0, 0.05) is 28.1 Å². The lowest BCUT2D eigenvalue weighted by atomic mass is 9.87. The minimum absolute atomic E-state index is 0.167. The summed E-state index contributed by atoms with van der Waals surface area (Å²) in [6.45, 7) is 2.51. The third-order valence-corrected chi connectivity index (χ3v) is 5.78. The number of amides is 2. The number of hydrogen-bond acceptors (Lipinski definition) is 4. The molecule has 1 aliphatic rings. The highest BCUT2D eigenvalue weighted by atomic mass is 16.5.